The quantitative estimate of drug-likeness (QED) is 0.118. The Bertz CT molecular complexity index is 4030. The molecular formula is C60H37N5O2. The van der Waals surface area contributed by atoms with Crippen molar-refractivity contribution in [2.45, 2.75) is 0 Å². The number of hydrogen-bond donors (Lipinski definition) is 0. The second-order valence-electron chi connectivity index (χ2n) is 16.9. The van der Waals surface area contributed by atoms with Crippen molar-refractivity contribution in [1.82, 2.24) is 18.7 Å². The van der Waals surface area contributed by atoms with E-state index in [-0.39, 0.29) is 0 Å². The van der Waals surface area contributed by atoms with E-state index in [4.69, 9.17) is 14.1 Å². The molecular weight excluding hydrogens is 823 g/mol. The second kappa shape index (κ2) is 14.7. The van der Waals surface area contributed by atoms with Crippen molar-refractivity contribution in [3.05, 3.63) is 231 Å². The molecule has 0 fully saturated rings. The lowest BCUT2D eigenvalue weighted by Gasteiger charge is -2.20. The summed E-state index contributed by atoms with van der Waals surface area (Å²) >= 11 is 0. The Balaban J connectivity index is 0.992. The van der Waals surface area contributed by atoms with Crippen molar-refractivity contribution in [2.75, 3.05) is 0 Å². The standard InChI is InChI=1S/C60H37N5O2/c1-6-25-50-42(19-1)43-20-2-7-26-51(43)64(50)56-31-16-32-57(65-52-27-8-3-21-44(52)45-22-4-9-28-53(45)65)59(56)63-38-62(54-29-10-11-30-55(54)63)39-17-15-18-40(35-39)66-41-36-47-46-23-5-12-33-58(46)67-60(47)48(37-41)49-24-13-14-34-61-49/h1-37H. The molecule has 0 unspecified atom stereocenters. The highest BCUT2D eigenvalue weighted by Crippen LogP contribution is 2.41. The van der Waals surface area contributed by atoms with Gasteiger partial charge in [0.25, 0.3) is 6.33 Å². The highest BCUT2D eigenvalue weighted by atomic mass is 16.5. The van der Waals surface area contributed by atoms with E-state index in [1.54, 1.807) is 6.20 Å². The number of hydrogen-bond acceptors (Lipinski definition) is 3. The van der Waals surface area contributed by atoms with Crippen LogP contribution in [0.15, 0.2) is 229 Å². The van der Waals surface area contributed by atoms with E-state index in [9.17, 15) is 0 Å². The monoisotopic (exact) mass is 859 g/mol. The maximum atomic E-state index is 6.82. The van der Waals surface area contributed by atoms with Crippen LogP contribution in [0.4, 0.5) is 0 Å². The van der Waals surface area contributed by atoms with Crippen molar-refractivity contribution in [3.63, 3.8) is 0 Å². The van der Waals surface area contributed by atoms with E-state index >= 15 is 0 Å². The third-order valence-corrected chi connectivity index (χ3v) is 13.1. The molecule has 9 aromatic carbocycles. The molecule has 0 aliphatic heterocycles. The number of fused-ring (bicyclic) bond motifs is 10. The van der Waals surface area contributed by atoms with E-state index in [2.05, 4.69) is 188 Å². The van der Waals surface area contributed by atoms with Crippen molar-refractivity contribution in [2.24, 2.45) is 0 Å². The van der Waals surface area contributed by atoms with Crippen LogP contribution >= 0.6 is 0 Å². The van der Waals surface area contributed by atoms with Gasteiger partial charge in [0.05, 0.1) is 55.9 Å². The predicted molar refractivity (Wildman–Crippen MR) is 269 cm³/mol. The third kappa shape index (κ3) is 5.71. The minimum absolute atomic E-state index is 0.684. The van der Waals surface area contributed by atoms with Gasteiger partial charge < -0.3 is 18.3 Å². The molecule has 0 aliphatic rings. The van der Waals surface area contributed by atoms with E-state index in [0.717, 1.165) is 89.0 Å². The molecule has 0 N–H and O–H groups in total. The van der Waals surface area contributed by atoms with Gasteiger partial charge in [-0.25, -0.2) is 0 Å². The molecule has 14 rings (SSSR count). The van der Waals surface area contributed by atoms with Gasteiger partial charge in [-0.2, -0.15) is 0 Å². The average Bonchev–Trinajstić information content (AvgIpc) is 4.15. The highest BCUT2D eigenvalue weighted by Gasteiger charge is 2.25. The molecule has 14 aromatic rings. The number of aromatic nitrogens is 5. The topological polar surface area (TPSA) is 53.9 Å². The van der Waals surface area contributed by atoms with Crippen LogP contribution < -0.4 is 9.30 Å². The molecule has 0 spiro atoms. The minimum Gasteiger partial charge on any atom is -0.458 e. The van der Waals surface area contributed by atoms with Gasteiger partial charge in [0.15, 0.2) is 0 Å². The molecule has 314 valence electrons. The largest absolute Gasteiger partial charge is 0.458 e. The molecule has 5 heterocycles. The van der Waals surface area contributed by atoms with Crippen LogP contribution in [0.5, 0.6) is 11.5 Å². The molecule has 0 bridgehead atoms. The zero-order valence-electron chi connectivity index (χ0n) is 35.9. The van der Waals surface area contributed by atoms with Crippen molar-refractivity contribution in [1.29, 1.82) is 0 Å². The number of para-hydroxylation sites is 8. The lowest BCUT2D eigenvalue weighted by atomic mass is 10.1. The molecule has 7 nitrogen and oxygen atoms in total. The number of ether oxygens (including phenoxy) is 1. The van der Waals surface area contributed by atoms with Gasteiger partial charge >= 0.3 is 0 Å². The fourth-order valence-corrected chi connectivity index (χ4v) is 10.3. The van der Waals surface area contributed by atoms with Gasteiger partial charge in [0, 0.05) is 44.1 Å². The summed E-state index contributed by atoms with van der Waals surface area (Å²) in [6.45, 7) is 0. The first-order valence-corrected chi connectivity index (χ1v) is 22.5. The SMILES string of the molecule is [c-]1n(-c2cccc(Oc3cc(-c4ccccn4)c4oc5ccccc5c4c3)c2)c2ccccc2[n+]1-c1c(-n2c3ccccc3c3ccccc32)cccc1-n1c2ccccc2c2ccccc21. The molecule has 67 heavy (non-hydrogen) atoms. The molecule has 0 amide bonds. The summed E-state index contributed by atoms with van der Waals surface area (Å²) < 4.78 is 22.5. The predicted octanol–water partition coefficient (Wildman–Crippen LogP) is 14.7. The van der Waals surface area contributed by atoms with Gasteiger partial charge in [-0.1, -0.05) is 133 Å². The Labute approximate surface area is 383 Å². The van der Waals surface area contributed by atoms with Crippen LogP contribution in [0.3, 0.4) is 0 Å². The Hall–Kier alpha value is -9.20. The summed E-state index contributed by atoms with van der Waals surface area (Å²) in [6.07, 6.45) is 5.72. The summed E-state index contributed by atoms with van der Waals surface area (Å²) in [6, 6.07) is 76.3. The Kier molecular flexibility index (Phi) is 8.15. The molecule has 5 aromatic heterocycles. The van der Waals surface area contributed by atoms with Gasteiger partial charge in [0.2, 0.25) is 0 Å². The first-order chi connectivity index (χ1) is 33.2. The van der Waals surface area contributed by atoms with Crippen LogP contribution in [0, 0.1) is 6.33 Å². The first-order valence-electron chi connectivity index (χ1n) is 22.5. The Morgan fingerprint density at radius 2 is 1.00 bits per heavy atom. The molecule has 7 heteroatoms. The number of imidazole rings is 1. The molecule has 0 aliphatic carbocycles. The Morgan fingerprint density at radius 1 is 0.448 bits per heavy atom. The fraction of sp³-hybridized carbons (Fsp3) is 0. The van der Waals surface area contributed by atoms with Crippen LogP contribution in [0.2, 0.25) is 0 Å². The van der Waals surface area contributed by atoms with Crippen LogP contribution in [-0.4, -0.2) is 18.7 Å². The van der Waals surface area contributed by atoms with Gasteiger partial charge in [0.1, 0.15) is 28.4 Å². The zero-order valence-corrected chi connectivity index (χ0v) is 35.9. The smallest absolute Gasteiger partial charge is 0.269 e. The van der Waals surface area contributed by atoms with Crippen molar-refractivity contribution < 1.29 is 13.7 Å². The highest BCUT2D eigenvalue weighted by molar-refractivity contribution is 6.12. The lowest BCUT2D eigenvalue weighted by Crippen LogP contribution is -2.33. The van der Waals surface area contributed by atoms with E-state index < -0.39 is 0 Å². The average molecular weight is 860 g/mol. The van der Waals surface area contributed by atoms with Gasteiger partial charge in [-0.3, -0.25) is 14.1 Å². The number of pyridine rings is 1. The maximum absolute atomic E-state index is 6.82. The van der Waals surface area contributed by atoms with Crippen molar-refractivity contribution in [3.8, 4) is 45.5 Å². The molecule has 0 saturated heterocycles. The van der Waals surface area contributed by atoms with Crippen LogP contribution in [0.25, 0.3) is 111 Å². The minimum atomic E-state index is 0.684. The van der Waals surface area contributed by atoms with E-state index in [1.807, 2.05) is 54.6 Å². The number of rotatable bonds is 7. The normalized spacial score (nSPS) is 11.9. The fourth-order valence-electron chi connectivity index (χ4n) is 10.3. The zero-order chi connectivity index (χ0) is 44.0. The molecule has 0 saturated carbocycles. The third-order valence-electron chi connectivity index (χ3n) is 13.1. The summed E-state index contributed by atoms with van der Waals surface area (Å²) in [5.41, 5.74) is 13.7. The second-order valence-corrected chi connectivity index (χ2v) is 16.9. The summed E-state index contributed by atoms with van der Waals surface area (Å²) in [4.78, 5) is 4.70. The van der Waals surface area contributed by atoms with Crippen LogP contribution in [0.1, 0.15) is 0 Å². The van der Waals surface area contributed by atoms with E-state index in [1.165, 1.54) is 21.5 Å². The van der Waals surface area contributed by atoms with E-state index in [0.29, 0.717) is 11.5 Å². The maximum Gasteiger partial charge on any atom is 0.269 e. The molecule has 0 atom stereocenters. The number of nitrogens with zero attached hydrogens (tertiary/aromatic N) is 5. The lowest BCUT2D eigenvalue weighted by molar-refractivity contribution is -0.571. The first kappa shape index (κ1) is 37.2. The number of benzene rings is 9. The Morgan fingerprint density at radius 3 is 1.63 bits per heavy atom. The molecule has 0 radical (unpaired) electrons. The summed E-state index contributed by atoms with van der Waals surface area (Å²) in [5, 5.41) is 6.79. The van der Waals surface area contributed by atoms with Crippen molar-refractivity contribution >= 4 is 76.6 Å². The summed E-state index contributed by atoms with van der Waals surface area (Å²) in [5.74, 6) is 1.37. The van der Waals surface area contributed by atoms with Gasteiger partial charge in [-0.15, -0.1) is 0 Å². The van der Waals surface area contributed by atoms with Crippen LogP contribution in [-0.2, 0) is 0 Å². The van der Waals surface area contributed by atoms with Gasteiger partial charge in [-0.05, 0) is 84.9 Å². The number of furan rings is 1. The summed E-state index contributed by atoms with van der Waals surface area (Å²) in [7, 11) is 0.